The molecule has 4 atom stereocenters. The summed E-state index contributed by atoms with van der Waals surface area (Å²) in [7, 11) is 0. The summed E-state index contributed by atoms with van der Waals surface area (Å²) in [5.41, 5.74) is 0.782. The van der Waals surface area contributed by atoms with Crippen molar-refractivity contribution in [1.29, 1.82) is 0 Å². The van der Waals surface area contributed by atoms with Gasteiger partial charge in [0.05, 0.1) is 25.2 Å². The molecule has 1 aromatic carbocycles. The van der Waals surface area contributed by atoms with Crippen molar-refractivity contribution in [1.82, 2.24) is 15.1 Å². The Labute approximate surface area is 259 Å². The van der Waals surface area contributed by atoms with Crippen molar-refractivity contribution >= 4 is 12.1 Å². The smallest absolute Gasteiger partial charge is 0.408 e. The molecule has 1 aromatic rings. The number of esters is 1. The van der Waals surface area contributed by atoms with E-state index in [1.165, 1.54) is 0 Å². The first-order valence-corrected chi connectivity index (χ1v) is 16.3. The molecular weight excluding hydrogens is 546 g/mol. The fraction of sp³-hybridized carbons (Fsp3) is 0.765. The number of hydrogen-bond acceptors (Lipinski definition) is 8. The third-order valence-electron chi connectivity index (χ3n) is 8.26. The lowest BCUT2D eigenvalue weighted by molar-refractivity contribution is -0.153. The zero-order chi connectivity index (χ0) is 31.5. The Morgan fingerprint density at radius 1 is 0.930 bits per heavy atom. The number of nitrogens with one attached hydrogen (secondary N) is 1. The minimum atomic E-state index is -0.690. The molecule has 43 heavy (non-hydrogen) atoms. The van der Waals surface area contributed by atoms with E-state index in [1.54, 1.807) is 0 Å². The lowest BCUT2D eigenvalue weighted by Crippen LogP contribution is -2.44. The van der Waals surface area contributed by atoms with Crippen LogP contribution in [0.25, 0.3) is 0 Å². The number of rotatable bonds is 21. The van der Waals surface area contributed by atoms with Gasteiger partial charge in [-0.3, -0.25) is 14.6 Å². The van der Waals surface area contributed by atoms with Gasteiger partial charge < -0.3 is 24.3 Å². The van der Waals surface area contributed by atoms with E-state index in [4.69, 9.17) is 18.9 Å². The number of carbonyl (C=O) groups is 2. The van der Waals surface area contributed by atoms with Crippen LogP contribution < -0.4 is 5.32 Å². The average molecular weight is 604 g/mol. The van der Waals surface area contributed by atoms with E-state index in [0.717, 1.165) is 56.4 Å². The topological polar surface area (TPSA) is 89.1 Å². The van der Waals surface area contributed by atoms with Crippen LogP contribution in [0.4, 0.5) is 4.79 Å². The van der Waals surface area contributed by atoms with Crippen LogP contribution in [0, 0.1) is 0 Å². The highest BCUT2D eigenvalue weighted by Gasteiger charge is 2.34. The monoisotopic (exact) mass is 603 g/mol. The predicted octanol–water partition coefficient (Wildman–Crippen LogP) is 5.25. The van der Waals surface area contributed by atoms with E-state index in [1.807, 2.05) is 32.0 Å². The zero-order valence-corrected chi connectivity index (χ0v) is 27.8. The van der Waals surface area contributed by atoms with Crippen LogP contribution in [0.5, 0.6) is 0 Å². The van der Waals surface area contributed by atoms with Crippen molar-refractivity contribution in [3.8, 4) is 0 Å². The maximum Gasteiger partial charge on any atom is 0.408 e. The fourth-order valence-electron chi connectivity index (χ4n) is 5.05. The quantitative estimate of drug-likeness (QED) is 0.116. The van der Waals surface area contributed by atoms with Gasteiger partial charge >= 0.3 is 12.1 Å². The van der Waals surface area contributed by atoms with Crippen molar-refractivity contribution in [2.45, 2.75) is 110 Å². The largest absolute Gasteiger partial charge is 0.459 e. The Kier molecular flexibility index (Phi) is 13.7. The van der Waals surface area contributed by atoms with Crippen LogP contribution in [0.2, 0.25) is 0 Å². The summed E-state index contributed by atoms with van der Waals surface area (Å²) in [4.78, 5) is 30.7. The molecule has 2 fully saturated rings. The Hall–Kier alpha value is -2.20. The number of alkyl carbamates (subject to hydrolysis) is 1. The van der Waals surface area contributed by atoms with E-state index in [9.17, 15) is 9.59 Å². The number of hydrogen-bond donors (Lipinski definition) is 1. The van der Waals surface area contributed by atoms with Gasteiger partial charge in [0.2, 0.25) is 0 Å². The molecule has 1 N–H and O–H groups in total. The summed E-state index contributed by atoms with van der Waals surface area (Å²) >= 11 is 0. The Morgan fingerprint density at radius 3 is 2.07 bits per heavy atom. The van der Waals surface area contributed by atoms with Gasteiger partial charge in [-0.25, -0.2) is 4.79 Å². The summed E-state index contributed by atoms with van der Waals surface area (Å²) in [5.74, 6) is -0.227. The average Bonchev–Trinajstić information content (AvgIpc) is 3.87. The van der Waals surface area contributed by atoms with Gasteiger partial charge in [0.25, 0.3) is 0 Å². The van der Waals surface area contributed by atoms with Crippen LogP contribution in [-0.4, -0.2) is 99.3 Å². The third kappa shape index (κ3) is 12.7. The van der Waals surface area contributed by atoms with Gasteiger partial charge in [0.1, 0.15) is 12.2 Å². The zero-order valence-electron chi connectivity index (χ0n) is 27.8. The second-order valence-electron chi connectivity index (χ2n) is 13.5. The minimum Gasteiger partial charge on any atom is -0.459 e. The molecule has 2 saturated heterocycles. The predicted molar refractivity (Wildman–Crippen MR) is 169 cm³/mol. The summed E-state index contributed by atoms with van der Waals surface area (Å²) < 4.78 is 23.4. The maximum absolute atomic E-state index is 13.1. The van der Waals surface area contributed by atoms with Gasteiger partial charge in [-0.1, -0.05) is 64.8 Å². The number of ether oxygens (including phenoxy) is 4. The first kappa shape index (κ1) is 35.3. The third-order valence-corrected chi connectivity index (χ3v) is 8.26. The molecule has 2 heterocycles. The highest BCUT2D eigenvalue weighted by molar-refractivity contribution is 5.72. The van der Waals surface area contributed by atoms with Gasteiger partial charge in [0.15, 0.2) is 0 Å². The van der Waals surface area contributed by atoms with E-state index in [-0.39, 0.29) is 24.6 Å². The van der Waals surface area contributed by atoms with Gasteiger partial charge in [-0.15, -0.1) is 0 Å². The molecule has 0 aromatic heterocycles. The Balaban J connectivity index is 1.57. The van der Waals surface area contributed by atoms with Crippen molar-refractivity contribution in [3.05, 3.63) is 35.4 Å². The van der Waals surface area contributed by atoms with E-state index >= 15 is 0 Å². The summed E-state index contributed by atoms with van der Waals surface area (Å²) in [5, 5.41) is 3.06. The number of unbranched alkanes of at least 4 members (excludes halogenated alkanes) is 2. The number of nitrogens with zero attached hydrogens (tertiary/aromatic N) is 2. The normalized spacial score (nSPS) is 19.9. The molecule has 244 valence electrons. The summed E-state index contributed by atoms with van der Waals surface area (Å²) in [6.45, 7) is 21.1. The first-order chi connectivity index (χ1) is 20.4. The SMILES string of the molecule is CCCCOCC(CN1CC1)OC(=O)CC(C)(C)c1cccc(C(C)(C)NC(=O)OC(COCCCC)CN2CC2C)c1. The molecular formula is C34H57N3O6. The van der Waals surface area contributed by atoms with Crippen molar-refractivity contribution in [2.24, 2.45) is 0 Å². The van der Waals surface area contributed by atoms with Crippen molar-refractivity contribution < 1.29 is 28.5 Å². The lowest BCUT2D eigenvalue weighted by Gasteiger charge is -2.31. The maximum atomic E-state index is 13.1. The molecule has 0 spiro atoms. The van der Waals surface area contributed by atoms with Gasteiger partial charge in [-0.05, 0) is 44.7 Å². The molecule has 2 aliphatic heterocycles. The fourth-order valence-corrected chi connectivity index (χ4v) is 5.05. The molecule has 4 unspecified atom stereocenters. The Morgan fingerprint density at radius 2 is 1.51 bits per heavy atom. The number of benzene rings is 1. The van der Waals surface area contributed by atoms with Crippen LogP contribution in [0.1, 0.15) is 91.7 Å². The second-order valence-corrected chi connectivity index (χ2v) is 13.5. The molecule has 1 amide bonds. The van der Waals surface area contributed by atoms with Crippen LogP contribution in [0.3, 0.4) is 0 Å². The molecule has 3 rings (SSSR count). The molecule has 9 nitrogen and oxygen atoms in total. The summed E-state index contributed by atoms with van der Waals surface area (Å²) in [6.07, 6.45) is 3.32. The highest BCUT2D eigenvalue weighted by atomic mass is 16.6. The van der Waals surface area contributed by atoms with Crippen LogP contribution in [-0.2, 0) is 34.7 Å². The van der Waals surface area contributed by atoms with Gasteiger partial charge in [0, 0.05) is 57.4 Å². The van der Waals surface area contributed by atoms with Crippen molar-refractivity contribution in [3.63, 3.8) is 0 Å². The number of amides is 1. The number of carbonyl (C=O) groups excluding carboxylic acids is 2. The molecule has 0 aliphatic carbocycles. The highest BCUT2D eigenvalue weighted by Crippen LogP contribution is 2.31. The van der Waals surface area contributed by atoms with Crippen LogP contribution in [0.15, 0.2) is 24.3 Å². The summed E-state index contributed by atoms with van der Waals surface area (Å²) in [6, 6.07) is 8.59. The van der Waals surface area contributed by atoms with Gasteiger partial charge in [-0.2, -0.15) is 0 Å². The molecule has 0 saturated carbocycles. The van der Waals surface area contributed by atoms with E-state index in [2.05, 4.69) is 55.8 Å². The molecule has 2 aliphatic rings. The molecule has 9 heteroatoms. The standard InChI is InChI=1S/C34H57N3O6/c1-8-10-17-40-24-29(22-36-15-16-36)42-31(38)20-33(4,5)27-13-12-14-28(19-27)34(6,7)35-32(39)43-30(23-37-21-26(37)3)25-41-18-11-9-2/h12-14,19,26,29-30H,8-11,15-18,20-25H2,1-7H3,(H,35,39). The van der Waals surface area contributed by atoms with E-state index < -0.39 is 17.0 Å². The van der Waals surface area contributed by atoms with E-state index in [0.29, 0.717) is 45.6 Å². The molecule has 0 bridgehead atoms. The second kappa shape index (κ2) is 16.8. The molecule has 0 radical (unpaired) electrons. The van der Waals surface area contributed by atoms with Crippen LogP contribution >= 0.6 is 0 Å². The van der Waals surface area contributed by atoms with Crippen molar-refractivity contribution in [2.75, 3.05) is 59.2 Å². The minimum absolute atomic E-state index is 0.227. The first-order valence-electron chi connectivity index (χ1n) is 16.3. The lowest BCUT2D eigenvalue weighted by atomic mass is 9.79. The Bertz CT molecular complexity index is 1010.